The molecule has 0 spiro atoms. The number of phenolic OH excluding ortho intramolecular Hbond substituents is 1. The summed E-state index contributed by atoms with van der Waals surface area (Å²) in [4.78, 5) is 0. The molecule has 0 bridgehead atoms. The fourth-order valence-corrected chi connectivity index (χ4v) is 1.88. The van der Waals surface area contributed by atoms with E-state index in [-0.39, 0.29) is 5.75 Å². The average Bonchev–Trinajstić information content (AvgIpc) is 3.10. The number of nitrogens with zero attached hydrogens (tertiary/aromatic N) is 4. The topological polar surface area (TPSA) is 74.7 Å². The van der Waals surface area contributed by atoms with Gasteiger partial charge in [0, 0.05) is 5.92 Å². The van der Waals surface area contributed by atoms with Crippen LogP contribution < -0.4 is 0 Å². The SMILES string of the molecule is N#Cc1nnn(-c2ccc(O)cc2)c1C1CC1. The second-order valence-electron chi connectivity index (χ2n) is 4.14. The van der Waals surface area contributed by atoms with Crippen LogP contribution in [0.15, 0.2) is 24.3 Å². The molecule has 1 saturated carbocycles. The Balaban J connectivity index is 2.11. The third-order valence-electron chi connectivity index (χ3n) is 2.87. The van der Waals surface area contributed by atoms with Gasteiger partial charge in [0.1, 0.15) is 11.8 Å². The maximum atomic E-state index is 9.25. The number of benzene rings is 1. The Morgan fingerprint density at radius 2 is 2.00 bits per heavy atom. The molecule has 5 heteroatoms. The van der Waals surface area contributed by atoms with Gasteiger partial charge >= 0.3 is 0 Å². The van der Waals surface area contributed by atoms with Crippen molar-refractivity contribution >= 4 is 0 Å². The van der Waals surface area contributed by atoms with Gasteiger partial charge < -0.3 is 5.11 Å². The zero-order chi connectivity index (χ0) is 11.8. The molecule has 0 radical (unpaired) electrons. The predicted molar refractivity (Wildman–Crippen MR) is 59.7 cm³/mol. The molecule has 5 nitrogen and oxygen atoms in total. The van der Waals surface area contributed by atoms with Gasteiger partial charge in [-0.2, -0.15) is 5.26 Å². The van der Waals surface area contributed by atoms with Gasteiger partial charge in [0.05, 0.1) is 11.4 Å². The van der Waals surface area contributed by atoms with Crippen molar-refractivity contribution in [2.75, 3.05) is 0 Å². The van der Waals surface area contributed by atoms with Crippen molar-refractivity contribution in [2.24, 2.45) is 0 Å². The first-order chi connectivity index (χ1) is 8.29. The average molecular weight is 226 g/mol. The van der Waals surface area contributed by atoms with E-state index in [4.69, 9.17) is 5.26 Å². The minimum atomic E-state index is 0.211. The first kappa shape index (κ1) is 9.85. The standard InChI is InChI=1S/C12H10N4O/c13-7-11-12(8-1-2-8)16(15-14-11)9-3-5-10(17)6-4-9/h3-6,8,17H,1-2H2. The molecule has 1 N–H and O–H groups in total. The van der Waals surface area contributed by atoms with E-state index in [1.165, 1.54) is 0 Å². The molecule has 1 aliphatic carbocycles. The molecule has 1 aromatic heterocycles. The lowest BCUT2D eigenvalue weighted by Crippen LogP contribution is -2.01. The normalized spacial score (nSPS) is 14.5. The van der Waals surface area contributed by atoms with Gasteiger partial charge in [-0.15, -0.1) is 5.10 Å². The van der Waals surface area contributed by atoms with Crippen LogP contribution in [0.4, 0.5) is 0 Å². The molecule has 84 valence electrons. The zero-order valence-electron chi connectivity index (χ0n) is 9.04. The second-order valence-corrected chi connectivity index (χ2v) is 4.14. The summed E-state index contributed by atoms with van der Waals surface area (Å²) < 4.78 is 1.69. The van der Waals surface area contributed by atoms with Crippen LogP contribution in [-0.4, -0.2) is 20.1 Å². The first-order valence-electron chi connectivity index (χ1n) is 5.44. The largest absolute Gasteiger partial charge is 0.508 e. The Kier molecular flexibility index (Phi) is 2.08. The smallest absolute Gasteiger partial charge is 0.186 e. The zero-order valence-corrected chi connectivity index (χ0v) is 9.04. The van der Waals surface area contributed by atoms with Gasteiger partial charge in [-0.05, 0) is 37.1 Å². The van der Waals surface area contributed by atoms with E-state index in [1.807, 2.05) is 0 Å². The molecule has 0 aliphatic heterocycles. The highest BCUT2D eigenvalue weighted by Crippen LogP contribution is 2.41. The maximum absolute atomic E-state index is 9.25. The molecule has 1 heterocycles. The quantitative estimate of drug-likeness (QED) is 0.846. The number of aromatic nitrogens is 3. The summed E-state index contributed by atoms with van der Waals surface area (Å²) in [6.07, 6.45) is 2.17. The van der Waals surface area contributed by atoms with E-state index in [0.29, 0.717) is 11.6 Å². The first-order valence-corrected chi connectivity index (χ1v) is 5.44. The van der Waals surface area contributed by atoms with E-state index in [0.717, 1.165) is 24.2 Å². The molecule has 0 unspecified atom stereocenters. The third-order valence-corrected chi connectivity index (χ3v) is 2.87. The van der Waals surface area contributed by atoms with E-state index < -0.39 is 0 Å². The van der Waals surface area contributed by atoms with Crippen molar-refractivity contribution in [1.82, 2.24) is 15.0 Å². The Morgan fingerprint density at radius 3 is 2.59 bits per heavy atom. The number of hydrogen-bond acceptors (Lipinski definition) is 4. The number of nitriles is 1. The van der Waals surface area contributed by atoms with Crippen molar-refractivity contribution in [3.63, 3.8) is 0 Å². The third kappa shape index (κ3) is 1.64. The van der Waals surface area contributed by atoms with E-state index in [1.54, 1.807) is 28.9 Å². The highest BCUT2D eigenvalue weighted by molar-refractivity contribution is 5.41. The van der Waals surface area contributed by atoms with Gasteiger partial charge in [-0.3, -0.25) is 0 Å². The Bertz CT molecular complexity index is 590. The van der Waals surface area contributed by atoms with Gasteiger partial charge in [-0.25, -0.2) is 4.68 Å². The summed E-state index contributed by atoms with van der Waals surface area (Å²) in [6.45, 7) is 0. The maximum Gasteiger partial charge on any atom is 0.186 e. The van der Waals surface area contributed by atoms with Crippen LogP contribution in [0.2, 0.25) is 0 Å². The van der Waals surface area contributed by atoms with Gasteiger partial charge in [0.15, 0.2) is 5.69 Å². The van der Waals surface area contributed by atoms with Crippen LogP contribution in [0.3, 0.4) is 0 Å². The Hall–Kier alpha value is -2.35. The summed E-state index contributed by atoms with van der Waals surface area (Å²) in [5.74, 6) is 0.607. The number of aromatic hydroxyl groups is 1. The van der Waals surface area contributed by atoms with Crippen molar-refractivity contribution in [2.45, 2.75) is 18.8 Å². The van der Waals surface area contributed by atoms with E-state index >= 15 is 0 Å². The Morgan fingerprint density at radius 1 is 1.29 bits per heavy atom. The number of rotatable bonds is 2. The fourth-order valence-electron chi connectivity index (χ4n) is 1.88. The minimum absolute atomic E-state index is 0.211. The van der Waals surface area contributed by atoms with E-state index in [2.05, 4.69) is 16.4 Å². The lowest BCUT2D eigenvalue weighted by atomic mass is 10.2. The summed E-state index contributed by atoms with van der Waals surface area (Å²) in [6, 6.07) is 8.79. The molecule has 2 aromatic rings. The summed E-state index contributed by atoms with van der Waals surface area (Å²) in [7, 11) is 0. The van der Waals surface area contributed by atoms with Crippen LogP contribution in [0.5, 0.6) is 5.75 Å². The van der Waals surface area contributed by atoms with E-state index in [9.17, 15) is 5.11 Å². The molecule has 0 atom stereocenters. The van der Waals surface area contributed by atoms with Gasteiger partial charge in [0.25, 0.3) is 0 Å². The van der Waals surface area contributed by atoms with Crippen LogP contribution >= 0.6 is 0 Å². The summed E-state index contributed by atoms with van der Waals surface area (Å²) in [5.41, 5.74) is 2.11. The molecular weight excluding hydrogens is 216 g/mol. The monoisotopic (exact) mass is 226 g/mol. The summed E-state index contributed by atoms with van der Waals surface area (Å²) in [5, 5.41) is 26.1. The lowest BCUT2D eigenvalue weighted by Gasteiger charge is -2.05. The van der Waals surface area contributed by atoms with Crippen LogP contribution in [-0.2, 0) is 0 Å². The molecule has 1 fully saturated rings. The molecule has 1 aromatic carbocycles. The van der Waals surface area contributed by atoms with Crippen LogP contribution in [0.25, 0.3) is 5.69 Å². The van der Waals surface area contributed by atoms with Gasteiger partial charge in [0.2, 0.25) is 0 Å². The van der Waals surface area contributed by atoms with Crippen molar-refractivity contribution in [1.29, 1.82) is 5.26 Å². The molecule has 3 rings (SSSR count). The Labute approximate surface area is 97.9 Å². The van der Waals surface area contributed by atoms with Crippen molar-refractivity contribution in [3.8, 4) is 17.5 Å². The van der Waals surface area contributed by atoms with Crippen molar-refractivity contribution in [3.05, 3.63) is 35.7 Å². The highest BCUT2D eigenvalue weighted by atomic mass is 16.3. The minimum Gasteiger partial charge on any atom is -0.508 e. The van der Waals surface area contributed by atoms with Crippen LogP contribution in [0, 0.1) is 11.3 Å². The molecule has 1 aliphatic rings. The van der Waals surface area contributed by atoms with Gasteiger partial charge in [-0.1, -0.05) is 5.21 Å². The molecular formula is C12H10N4O. The number of phenols is 1. The number of hydrogen-bond donors (Lipinski definition) is 1. The second kappa shape index (κ2) is 3.59. The summed E-state index contributed by atoms with van der Waals surface area (Å²) >= 11 is 0. The molecule has 0 amide bonds. The van der Waals surface area contributed by atoms with Crippen LogP contribution in [0.1, 0.15) is 30.1 Å². The van der Waals surface area contributed by atoms with Crippen molar-refractivity contribution < 1.29 is 5.11 Å². The predicted octanol–water partition coefficient (Wildman–Crippen LogP) is 1.72. The lowest BCUT2D eigenvalue weighted by molar-refractivity contribution is 0.475. The fraction of sp³-hybridized carbons (Fsp3) is 0.250. The highest BCUT2D eigenvalue weighted by Gasteiger charge is 2.31. The molecule has 17 heavy (non-hydrogen) atoms. The molecule has 0 saturated heterocycles.